The van der Waals surface area contributed by atoms with Crippen LogP contribution in [0.4, 0.5) is 13.2 Å². The molecular weight excluding hydrogens is 525 g/mol. The monoisotopic (exact) mass is 556 g/mol. The lowest BCUT2D eigenvalue weighted by Gasteiger charge is -2.64. The Kier molecular flexibility index (Phi) is 6.19. The number of nitrogens with zero attached hydrogens (tertiary/aromatic N) is 2. The van der Waals surface area contributed by atoms with Gasteiger partial charge in [0.2, 0.25) is 5.91 Å². The molecule has 4 aliphatic rings. The van der Waals surface area contributed by atoms with Crippen molar-refractivity contribution in [2.24, 2.45) is 0 Å². The molecule has 0 unspecified atom stereocenters. The van der Waals surface area contributed by atoms with Gasteiger partial charge in [-0.05, 0) is 67.6 Å². The van der Waals surface area contributed by atoms with E-state index in [9.17, 15) is 28.2 Å². The highest BCUT2D eigenvalue weighted by Crippen LogP contribution is 2.65. The lowest BCUT2D eigenvalue weighted by atomic mass is 9.48. The number of likely N-dealkylation sites (tertiary alicyclic amines) is 1. The molecule has 0 radical (unpaired) electrons. The molecule has 6 rings (SSSR count). The molecule has 1 amide bonds. The fourth-order valence-electron chi connectivity index (χ4n) is 7.65. The Morgan fingerprint density at radius 3 is 2.85 bits per heavy atom. The zero-order valence-corrected chi connectivity index (χ0v) is 22.0. The van der Waals surface area contributed by atoms with Crippen molar-refractivity contribution in [3.05, 3.63) is 71.8 Å². The fraction of sp³-hybridized carbons (Fsp3) is 0.433. The Hall–Kier alpha value is -3.50. The number of phenolic OH excluding ortho intramolecular Hbond substituents is 1. The highest BCUT2D eigenvalue weighted by Gasteiger charge is 2.73. The second-order valence-electron chi connectivity index (χ2n) is 11.1. The molecule has 7 nitrogen and oxygen atoms in total. The molecule has 2 N–H and O–H groups in total. The van der Waals surface area contributed by atoms with Gasteiger partial charge in [-0.3, -0.25) is 9.69 Å². The Labute approximate surface area is 230 Å². The molecule has 212 valence electrons. The first-order chi connectivity index (χ1) is 19.0. The van der Waals surface area contributed by atoms with Crippen LogP contribution in [0.15, 0.2) is 55.1 Å². The number of halogens is 3. The maximum atomic E-state index is 13.3. The first kappa shape index (κ1) is 26.7. The maximum absolute atomic E-state index is 13.3. The van der Waals surface area contributed by atoms with Gasteiger partial charge in [0, 0.05) is 31.3 Å². The summed E-state index contributed by atoms with van der Waals surface area (Å²) in [5.41, 5.74) is 0.372. The van der Waals surface area contributed by atoms with E-state index in [0.29, 0.717) is 50.1 Å². The molecule has 2 heterocycles. The normalized spacial score (nSPS) is 30.5. The molecule has 2 aliphatic carbocycles. The molecular formula is C30H31F3N2O5. The molecule has 2 bridgehead atoms. The third kappa shape index (κ3) is 3.91. The van der Waals surface area contributed by atoms with Crippen molar-refractivity contribution in [1.82, 2.24) is 9.80 Å². The second-order valence-corrected chi connectivity index (χ2v) is 11.1. The molecule has 2 aromatic rings. The number of benzene rings is 2. The average Bonchev–Trinajstić information content (AvgIpc) is 3.25. The summed E-state index contributed by atoms with van der Waals surface area (Å²) in [6, 6.07) is 8.37. The number of carbonyl (C=O) groups is 1. The van der Waals surface area contributed by atoms with Crippen LogP contribution in [-0.2, 0) is 16.6 Å². The van der Waals surface area contributed by atoms with Crippen molar-refractivity contribution < 1.29 is 37.7 Å². The quantitative estimate of drug-likeness (QED) is 0.411. The molecule has 1 spiro atoms. The van der Waals surface area contributed by atoms with Gasteiger partial charge in [0.1, 0.15) is 11.9 Å². The van der Waals surface area contributed by atoms with Crippen molar-refractivity contribution in [2.75, 3.05) is 20.1 Å². The molecule has 5 atom stereocenters. The molecule has 1 saturated heterocycles. The summed E-state index contributed by atoms with van der Waals surface area (Å²) in [6.45, 7) is 5.26. The third-order valence-electron chi connectivity index (χ3n) is 9.26. The highest BCUT2D eigenvalue weighted by atomic mass is 19.4. The largest absolute Gasteiger partial charge is 0.573 e. The Bertz CT molecular complexity index is 1390. The van der Waals surface area contributed by atoms with Gasteiger partial charge in [-0.15, -0.1) is 19.8 Å². The van der Waals surface area contributed by atoms with Gasteiger partial charge in [0.15, 0.2) is 11.5 Å². The van der Waals surface area contributed by atoms with Gasteiger partial charge in [-0.1, -0.05) is 24.3 Å². The van der Waals surface area contributed by atoms with E-state index >= 15 is 0 Å². The first-order valence-corrected chi connectivity index (χ1v) is 13.4. The zero-order valence-electron chi connectivity index (χ0n) is 22.0. The Balaban J connectivity index is 1.31. The number of rotatable bonds is 6. The highest BCUT2D eigenvalue weighted by molar-refractivity contribution is 5.92. The minimum absolute atomic E-state index is 0.0189. The number of phenols is 1. The van der Waals surface area contributed by atoms with Crippen LogP contribution < -0.4 is 9.47 Å². The number of amides is 1. The number of alkyl halides is 3. The summed E-state index contributed by atoms with van der Waals surface area (Å²) < 4.78 is 48.3. The van der Waals surface area contributed by atoms with Crippen molar-refractivity contribution in [3.8, 4) is 17.2 Å². The molecule has 2 fully saturated rings. The summed E-state index contributed by atoms with van der Waals surface area (Å²) in [7, 11) is 1.67. The van der Waals surface area contributed by atoms with Gasteiger partial charge >= 0.3 is 6.36 Å². The van der Waals surface area contributed by atoms with Crippen LogP contribution in [0.2, 0.25) is 0 Å². The van der Waals surface area contributed by atoms with Crippen LogP contribution in [0.5, 0.6) is 17.2 Å². The van der Waals surface area contributed by atoms with E-state index in [1.54, 1.807) is 24.1 Å². The van der Waals surface area contributed by atoms with E-state index in [1.807, 2.05) is 12.1 Å². The van der Waals surface area contributed by atoms with E-state index in [-0.39, 0.29) is 23.4 Å². The Morgan fingerprint density at radius 2 is 2.10 bits per heavy atom. The van der Waals surface area contributed by atoms with Gasteiger partial charge in [0.25, 0.3) is 0 Å². The van der Waals surface area contributed by atoms with Crippen molar-refractivity contribution in [2.45, 2.75) is 61.2 Å². The van der Waals surface area contributed by atoms with Crippen LogP contribution in [0, 0.1) is 0 Å². The molecule has 0 aromatic heterocycles. The minimum atomic E-state index is -4.81. The zero-order chi connectivity index (χ0) is 28.4. The van der Waals surface area contributed by atoms with Crippen molar-refractivity contribution >= 4 is 12.0 Å². The van der Waals surface area contributed by atoms with Gasteiger partial charge in [0.05, 0.1) is 17.1 Å². The topological polar surface area (TPSA) is 82.5 Å². The van der Waals surface area contributed by atoms with Crippen LogP contribution >= 0.6 is 0 Å². The number of likely N-dealkylation sites (N-methyl/N-ethyl adjacent to an activating group) is 1. The third-order valence-corrected chi connectivity index (χ3v) is 9.26. The lowest BCUT2D eigenvalue weighted by Crippen LogP contribution is -2.78. The first-order valence-electron chi connectivity index (χ1n) is 13.4. The number of hydrogen-bond acceptors (Lipinski definition) is 6. The number of piperidine rings is 1. The number of carbonyl (C=O) groups excluding carboxylic acids is 1. The van der Waals surface area contributed by atoms with Crippen LogP contribution in [0.3, 0.4) is 0 Å². The van der Waals surface area contributed by atoms with Gasteiger partial charge in [-0.25, -0.2) is 0 Å². The minimum Gasteiger partial charge on any atom is -0.504 e. The summed E-state index contributed by atoms with van der Waals surface area (Å²) >= 11 is 0. The predicted octanol–water partition coefficient (Wildman–Crippen LogP) is 4.17. The van der Waals surface area contributed by atoms with Gasteiger partial charge in [-0.2, -0.15) is 0 Å². The summed E-state index contributed by atoms with van der Waals surface area (Å²) in [5.74, 6) is -0.315. The molecule has 2 aliphatic heterocycles. The molecule has 10 heteroatoms. The standard InChI is InChI=1S/C30H31F3N2O5/c1-3-14-35-15-13-28-25-19-8-9-22(36)26(25)39-27(28)21(11-12-29(28,38)23(35)17-19)34(2)24(37)10-7-18-5-4-6-20(16-18)40-30(31,32)33/h3-10,16,21,23,27,36,38H,1,11-15,17H2,2H3/t21-,23-,27+,28+,29-/m1/s1. The SMILES string of the molecule is C=CCN1CC[C@]23c4c5ccc(O)c4O[C@H]2[C@H](N(C)C(=O)C=Cc2cccc(OC(F)(F)F)c2)CC[C@@]3(O)[C@H]1C5. The number of ether oxygens (including phenoxy) is 2. The van der Waals surface area contributed by atoms with E-state index < -0.39 is 29.5 Å². The van der Waals surface area contributed by atoms with Crippen molar-refractivity contribution in [1.29, 1.82) is 0 Å². The Morgan fingerprint density at radius 1 is 1.30 bits per heavy atom. The number of aliphatic hydroxyl groups is 1. The summed E-state index contributed by atoms with van der Waals surface area (Å²) in [6.07, 6.45) is 1.37. The lowest BCUT2D eigenvalue weighted by molar-refractivity contribution is -0.274. The number of aromatic hydroxyl groups is 1. The van der Waals surface area contributed by atoms with E-state index in [0.717, 1.165) is 11.1 Å². The molecule has 1 saturated carbocycles. The molecule has 40 heavy (non-hydrogen) atoms. The van der Waals surface area contributed by atoms with E-state index in [4.69, 9.17) is 4.74 Å². The number of hydrogen-bond donors (Lipinski definition) is 2. The van der Waals surface area contributed by atoms with Crippen LogP contribution in [0.25, 0.3) is 6.08 Å². The van der Waals surface area contributed by atoms with Crippen LogP contribution in [0.1, 0.15) is 36.0 Å². The summed E-state index contributed by atoms with van der Waals surface area (Å²) in [5, 5.41) is 23.2. The van der Waals surface area contributed by atoms with E-state index in [1.165, 1.54) is 30.4 Å². The maximum Gasteiger partial charge on any atom is 0.573 e. The fourth-order valence-corrected chi connectivity index (χ4v) is 7.65. The predicted molar refractivity (Wildman–Crippen MR) is 141 cm³/mol. The van der Waals surface area contributed by atoms with Gasteiger partial charge < -0.3 is 24.6 Å². The smallest absolute Gasteiger partial charge is 0.504 e. The van der Waals surface area contributed by atoms with Crippen molar-refractivity contribution in [3.63, 3.8) is 0 Å². The van der Waals surface area contributed by atoms with E-state index in [2.05, 4.69) is 16.2 Å². The average molecular weight is 557 g/mol. The van der Waals surface area contributed by atoms with Crippen LogP contribution in [-0.4, -0.2) is 76.2 Å². The summed E-state index contributed by atoms with van der Waals surface area (Å²) in [4.78, 5) is 17.2. The molecule has 2 aromatic carbocycles. The second kappa shape index (κ2) is 9.27.